The van der Waals surface area contributed by atoms with Gasteiger partial charge < -0.3 is 28.3 Å². The molecule has 33 heavy (non-hydrogen) atoms. The van der Waals surface area contributed by atoms with Crippen LogP contribution in [0.25, 0.3) is 0 Å². The molecule has 8 nitrogen and oxygen atoms in total. The van der Waals surface area contributed by atoms with E-state index in [1.165, 1.54) is 0 Å². The average molecular weight is 459 g/mol. The fourth-order valence-electron chi connectivity index (χ4n) is 4.23. The normalized spacial score (nSPS) is 18.5. The Bertz CT molecular complexity index is 927. The van der Waals surface area contributed by atoms with Gasteiger partial charge in [0.1, 0.15) is 37.4 Å². The Morgan fingerprint density at radius 2 is 1.91 bits per heavy atom. The molecule has 0 bridgehead atoms. The van der Waals surface area contributed by atoms with Gasteiger partial charge >= 0.3 is 0 Å². The van der Waals surface area contributed by atoms with Crippen molar-refractivity contribution in [2.24, 2.45) is 5.92 Å². The molecular formula is C25H34N2O6. The maximum Gasteiger partial charge on any atom is 0.253 e. The third-order valence-electron chi connectivity index (χ3n) is 5.69. The van der Waals surface area contributed by atoms with Crippen molar-refractivity contribution in [3.8, 4) is 11.5 Å². The van der Waals surface area contributed by atoms with Crippen LogP contribution in [0.4, 0.5) is 0 Å². The molecule has 2 aromatic rings. The third kappa shape index (κ3) is 6.28. The molecular weight excluding hydrogens is 424 g/mol. The van der Waals surface area contributed by atoms with Crippen LogP contribution in [0.5, 0.6) is 11.5 Å². The second-order valence-electron chi connectivity index (χ2n) is 8.99. The van der Waals surface area contributed by atoms with Gasteiger partial charge in [-0.05, 0) is 35.7 Å². The minimum absolute atomic E-state index is 0.0165. The molecule has 2 aliphatic heterocycles. The van der Waals surface area contributed by atoms with Gasteiger partial charge in [-0.3, -0.25) is 9.69 Å². The highest BCUT2D eigenvalue weighted by Gasteiger charge is 2.31. The number of amides is 1. The maximum absolute atomic E-state index is 13.5. The predicted molar refractivity (Wildman–Crippen MR) is 122 cm³/mol. The van der Waals surface area contributed by atoms with Crippen molar-refractivity contribution in [2.45, 2.75) is 39.6 Å². The number of rotatable bonds is 9. The summed E-state index contributed by atoms with van der Waals surface area (Å²) in [5, 5.41) is 0. The fraction of sp³-hybridized carbons (Fsp3) is 0.560. The number of ether oxygens (including phenoxy) is 4. The molecule has 0 saturated carbocycles. The number of fused-ring (bicyclic) bond motifs is 1. The second kappa shape index (κ2) is 11.0. The molecule has 0 spiro atoms. The van der Waals surface area contributed by atoms with Gasteiger partial charge in [-0.15, -0.1) is 0 Å². The van der Waals surface area contributed by atoms with Gasteiger partial charge in [0.05, 0.1) is 13.2 Å². The van der Waals surface area contributed by atoms with Crippen molar-refractivity contribution in [1.82, 2.24) is 9.80 Å². The van der Waals surface area contributed by atoms with Crippen molar-refractivity contribution >= 4 is 5.91 Å². The number of methoxy groups -OCH3 is 1. The number of hydrogen-bond donors (Lipinski definition) is 0. The Kier molecular flexibility index (Phi) is 7.90. The molecule has 1 saturated heterocycles. The van der Waals surface area contributed by atoms with Gasteiger partial charge in [0.25, 0.3) is 5.91 Å². The van der Waals surface area contributed by atoms with Crippen LogP contribution in [-0.2, 0) is 34.0 Å². The van der Waals surface area contributed by atoms with E-state index in [9.17, 15) is 4.79 Å². The lowest BCUT2D eigenvalue weighted by atomic mass is 10.1. The van der Waals surface area contributed by atoms with Gasteiger partial charge in [-0.1, -0.05) is 19.9 Å². The SMILES string of the molecule is COCc1ccc(CN2CCOC(C(=O)N(Cc3ccc4c(c3)OCCO4)CC(C)C)C2)o1. The van der Waals surface area contributed by atoms with Crippen LogP contribution in [0.3, 0.4) is 0 Å². The summed E-state index contributed by atoms with van der Waals surface area (Å²) < 4.78 is 28.2. The number of morpholine rings is 1. The lowest BCUT2D eigenvalue weighted by molar-refractivity contribution is -0.151. The van der Waals surface area contributed by atoms with Gasteiger partial charge in [0.2, 0.25) is 0 Å². The second-order valence-corrected chi connectivity index (χ2v) is 8.99. The first kappa shape index (κ1) is 23.6. The number of nitrogens with zero attached hydrogens (tertiary/aromatic N) is 2. The van der Waals surface area contributed by atoms with E-state index in [2.05, 4.69) is 18.7 Å². The van der Waals surface area contributed by atoms with E-state index in [-0.39, 0.29) is 5.91 Å². The van der Waals surface area contributed by atoms with Gasteiger partial charge in [0, 0.05) is 33.3 Å². The summed E-state index contributed by atoms with van der Waals surface area (Å²) in [4.78, 5) is 17.6. The summed E-state index contributed by atoms with van der Waals surface area (Å²) in [6.45, 7) is 9.41. The van der Waals surface area contributed by atoms with Crippen LogP contribution in [0, 0.1) is 5.92 Å². The Hall–Kier alpha value is -2.55. The first-order valence-electron chi connectivity index (χ1n) is 11.6. The van der Waals surface area contributed by atoms with E-state index in [1.807, 2.05) is 35.2 Å². The average Bonchev–Trinajstić information content (AvgIpc) is 3.25. The van der Waals surface area contributed by atoms with Crippen LogP contribution in [0.1, 0.15) is 30.9 Å². The molecule has 180 valence electrons. The summed E-state index contributed by atoms with van der Waals surface area (Å²) in [5.74, 6) is 3.52. The summed E-state index contributed by atoms with van der Waals surface area (Å²) >= 11 is 0. The monoisotopic (exact) mass is 458 g/mol. The Labute approximate surface area is 195 Å². The van der Waals surface area contributed by atoms with Gasteiger partial charge in [-0.2, -0.15) is 0 Å². The van der Waals surface area contributed by atoms with Crippen molar-refractivity contribution in [3.63, 3.8) is 0 Å². The summed E-state index contributed by atoms with van der Waals surface area (Å²) in [7, 11) is 1.65. The summed E-state index contributed by atoms with van der Waals surface area (Å²) in [5.41, 5.74) is 1.02. The Balaban J connectivity index is 1.41. The quantitative estimate of drug-likeness (QED) is 0.572. The highest BCUT2D eigenvalue weighted by molar-refractivity contribution is 5.81. The van der Waals surface area contributed by atoms with E-state index >= 15 is 0 Å². The molecule has 1 atom stereocenters. The van der Waals surface area contributed by atoms with Crippen LogP contribution >= 0.6 is 0 Å². The number of carbonyl (C=O) groups is 1. The zero-order chi connectivity index (χ0) is 23.2. The lowest BCUT2D eigenvalue weighted by Gasteiger charge is -2.35. The first-order chi connectivity index (χ1) is 16.0. The van der Waals surface area contributed by atoms with E-state index in [0.717, 1.165) is 35.1 Å². The van der Waals surface area contributed by atoms with Crippen LogP contribution in [0.15, 0.2) is 34.7 Å². The van der Waals surface area contributed by atoms with Crippen molar-refractivity contribution < 1.29 is 28.2 Å². The molecule has 0 aliphatic carbocycles. The molecule has 1 aromatic heterocycles. The smallest absolute Gasteiger partial charge is 0.253 e. The molecule has 1 aromatic carbocycles. The minimum atomic E-state index is -0.497. The molecule has 2 aliphatic rings. The lowest BCUT2D eigenvalue weighted by Crippen LogP contribution is -2.51. The molecule has 4 rings (SSSR count). The number of carbonyl (C=O) groups excluding carboxylic acids is 1. The zero-order valence-corrected chi connectivity index (χ0v) is 19.7. The van der Waals surface area contributed by atoms with Crippen LogP contribution in [-0.4, -0.2) is 68.4 Å². The number of hydrogen-bond acceptors (Lipinski definition) is 7. The van der Waals surface area contributed by atoms with E-state index in [4.69, 9.17) is 23.4 Å². The topological polar surface area (TPSA) is 73.6 Å². The third-order valence-corrected chi connectivity index (χ3v) is 5.69. The summed E-state index contributed by atoms with van der Waals surface area (Å²) in [6, 6.07) is 9.78. The Morgan fingerprint density at radius 3 is 2.70 bits per heavy atom. The molecule has 0 radical (unpaired) electrons. The van der Waals surface area contributed by atoms with E-state index < -0.39 is 6.10 Å². The van der Waals surface area contributed by atoms with Gasteiger partial charge in [-0.25, -0.2) is 0 Å². The van der Waals surface area contributed by atoms with E-state index in [1.54, 1.807) is 7.11 Å². The van der Waals surface area contributed by atoms with Crippen molar-refractivity contribution in [1.29, 1.82) is 0 Å². The molecule has 1 amide bonds. The van der Waals surface area contributed by atoms with Crippen LogP contribution in [0.2, 0.25) is 0 Å². The molecule has 3 heterocycles. The predicted octanol–water partition coefficient (Wildman–Crippen LogP) is 3.08. The fourth-order valence-corrected chi connectivity index (χ4v) is 4.23. The van der Waals surface area contributed by atoms with Gasteiger partial charge in [0.15, 0.2) is 11.5 Å². The van der Waals surface area contributed by atoms with Crippen molar-refractivity contribution in [3.05, 3.63) is 47.4 Å². The highest BCUT2D eigenvalue weighted by atomic mass is 16.6. The molecule has 0 N–H and O–H groups in total. The van der Waals surface area contributed by atoms with Crippen LogP contribution < -0.4 is 9.47 Å². The molecule has 1 unspecified atom stereocenters. The zero-order valence-electron chi connectivity index (χ0n) is 19.7. The highest BCUT2D eigenvalue weighted by Crippen LogP contribution is 2.31. The summed E-state index contributed by atoms with van der Waals surface area (Å²) in [6.07, 6.45) is -0.497. The number of furan rings is 1. The standard InChI is InChI=1S/C25H34N2O6/c1-18(2)13-27(14-19-4-7-22-23(12-19)32-11-10-31-22)25(28)24-16-26(8-9-30-24)15-20-5-6-21(33-20)17-29-3/h4-7,12,18,24H,8-11,13-17H2,1-3H3. The maximum atomic E-state index is 13.5. The van der Waals surface area contributed by atoms with E-state index in [0.29, 0.717) is 58.5 Å². The minimum Gasteiger partial charge on any atom is -0.486 e. The first-order valence-corrected chi connectivity index (χ1v) is 11.6. The van der Waals surface area contributed by atoms with Crippen molar-refractivity contribution in [2.75, 3.05) is 46.6 Å². The molecule has 8 heteroatoms. The largest absolute Gasteiger partial charge is 0.486 e. The Morgan fingerprint density at radius 1 is 1.12 bits per heavy atom. The molecule has 1 fully saturated rings. The number of benzene rings is 1.